The van der Waals surface area contributed by atoms with E-state index in [9.17, 15) is 9.59 Å². The maximum absolute atomic E-state index is 11.4. The quantitative estimate of drug-likeness (QED) is 0.585. The van der Waals surface area contributed by atoms with Crippen LogP contribution in [0.3, 0.4) is 0 Å². The van der Waals surface area contributed by atoms with Gasteiger partial charge >= 0.3 is 12.0 Å². The number of hydrogen-bond donors (Lipinski definition) is 3. The highest BCUT2D eigenvalue weighted by Crippen LogP contribution is 2.06. The van der Waals surface area contributed by atoms with E-state index >= 15 is 0 Å². The second-order valence-electron chi connectivity index (χ2n) is 4.04. The molecular weight excluding hydrogens is 220 g/mol. The summed E-state index contributed by atoms with van der Waals surface area (Å²) in [6.45, 7) is 4.07. The van der Waals surface area contributed by atoms with Crippen LogP contribution >= 0.6 is 0 Å². The average molecular weight is 240 g/mol. The molecule has 2 atom stereocenters. The molecule has 2 amide bonds. The summed E-state index contributed by atoms with van der Waals surface area (Å²) in [7, 11) is 0. The summed E-state index contributed by atoms with van der Waals surface area (Å²) in [5.74, 6) is 1.57. The molecule has 0 aromatic heterocycles. The van der Waals surface area contributed by atoms with Crippen molar-refractivity contribution in [2.24, 2.45) is 5.92 Å². The lowest BCUT2D eigenvalue weighted by Crippen LogP contribution is -2.42. The zero-order chi connectivity index (χ0) is 13.3. The van der Waals surface area contributed by atoms with Gasteiger partial charge in [-0.05, 0) is 12.8 Å². The fourth-order valence-corrected chi connectivity index (χ4v) is 1.35. The van der Waals surface area contributed by atoms with Crippen LogP contribution in [0.25, 0.3) is 0 Å². The Balaban J connectivity index is 3.89. The number of terminal acetylenes is 1. The van der Waals surface area contributed by atoms with Crippen molar-refractivity contribution < 1.29 is 14.7 Å². The van der Waals surface area contributed by atoms with Gasteiger partial charge in [0.1, 0.15) is 0 Å². The summed E-state index contributed by atoms with van der Waals surface area (Å²) in [5, 5.41) is 14.0. The van der Waals surface area contributed by atoms with Crippen LogP contribution in [-0.4, -0.2) is 29.7 Å². The van der Waals surface area contributed by atoms with Crippen molar-refractivity contribution in [2.45, 2.75) is 39.2 Å². The Kier molecular flexibility index (Phi) is 7.61. The predicted molar refractivity (Wildman–Crippen MR) is 65.5 cm³/mol. The minimum Gasteiger partial charge on any atom is -0.481 e. The van der Waals surface area contributed by atoms with Gasteiger partial charge < -0.3 is 15.7 Å². The molecule has 0 radical (unpaired) electrons. The number of carboxylic acids is 1. The summed E-state index contributed by atoms with van der Waals surface area (Å²) in [6, 6.07) is -0.392. The molecule has 0 aliphatic rings. The van der Waals surface area contributed by atoms with E-state index in [1.54, 1.807) is 0 Å². The Morgan fingerprint density at radius 2 is 2.12 bits per heavy atom. The van der Waals surface area contributed by atoms with E-state index in [0.29, 0.717) is 19.4 Å². The Bertz CT molecular complexity index is 297. The first kappa shape index (κ1) is 15.3. The summed E-state index contributed by atoms with van der Waals surface area (Å²) in [5.41, 5.74) is 0. The van der Waals surface area contributed by atoms with Crippen LogP contribution in [0, 0.1) is 18.3 Å². The number of hydrogen-bond acceptors (Lipinski definition) is 2. The van der Waals surface area contributed by atoms with Crippen molar-refractivity contribution in [3.8, 4) is 12.3 Å². The molecular formula is C12H20N2O3. The summed E-state index contributed by atoms with van der Waals surface area (Å²) in [6.07, 6.45) is 6.37. The van der Waals surface area contributed by atoms with Gasteiger partial charge in [-0.2, -0.15) is 0 Å². The molecule has 0 aliphatic carbocycles. The number of aliphatic carboxylic acids is 1. The smallest absolute Gasteiger partial charge is 0.315 e. The third-order valence-corrected chi connectivity index (χ3v) is 2.39. The molecule has 2 unspecified atom stereocenters. The van der Waals surface area contributed by atoms with Gasteiger partial charge in [0.25, 0.3) is 0 Å². The maximum Gasteiger partial charge on any atom is 0.315 e. The number of carboxylic acid groups (broad SMARTS) is 1. The molecule has 0 aromatic rings. The first-order valence-corrected chi connectivity index (χ1v) is 5.69. The van der Waals surface area contributed by atoms with E-state index < -0.39 is 5.97 Å². The lowest BCUT2D eigenvalue weighted by Gasteiger charge is -2.16. The van der Waals surface area contributed by atoms with Gasteiger partial charge in [0, 0.05) is 25.4 Å². The van der Waals surface area contributed by atoms with Gasteiger partial charge in [0.05, 0.1) is 0 Å². The van der Waals surface area contributed by atoms with Gasteiger partial charge in [-0.1, -0.05) is 13.3 Å². The Morgan fingerprint density at radius 1 is 1.47 bits per heavy atom. The third-order valence-electron chi connectivity index (χ3n) is 2.39. The first-order valence-electron chi connectivity index (χ1n) is 5.69. The van der Waals surface area contributed by atoms with Crippen LogP contribution in [0.4, 0.5) is 4.79 Å². The molecule has 0 rings (SSSR count). The van der Waals surface area contributed by atoms with Crippen LogP contribution in [0.5, 0.6) is 0 Å². The molecule has 0 bridgehead atoms. The van der Waals surface area contributed by atoms with Crippen LogP contribution in [0.1, 0.15) is 33.1 Å². The fraction of sp³-hybridized carbons (Fsp3) is 0.667. The van der Waals surface area contributed by atoms with E-state index in [-0.39, 0.29) is 24.4 Å². The van der Waals surface area contributed by atoms with Gasteiger partial charge in [0.15, 0.2) is 0 Å². The van der Waals surface area contributed by atoms with E-state index in [1.807, 2.05) is 13.8 Å². The van der Waals surface area contributed by atoms with Crippen molar-refractivity contribution in [2.75, 3.05) is 6.54 Å². The van der Waals surface area contributed by atoms with Crippen LogP contribution < -0.4 is 10.6 Å². The molecule has 0 heterocycles. The zero-order valence-corrected chi connectivity index (χ0v) is 10.3. The number of nitrogens with one attached hydrogen (secondary N) is 2. The first-order chi connectivity index (χ1) is 7.99. The minimum absolute atomic E-state index is 0.0406. The number of carbonyl (C=O) groups is 2. The van der Waals surface area contributed by atoms with Gasteiger partial charge in [-0.15, -0.1) is 12.3 Å². The molecule has 3 N–H and O–H groups in total. The highest BCUT2D eigenvalue weighted by atomic mass is 16.4. The highest BCUT2D eigenvalue weighted by molar-refractivity contribution is 5.74. The molecule has 0 saturated heterocycles. The molecule has 0 saturated carbocycles. The number of rotatable bonds is 7. The summed E-state index contributed by atoms with van der Waals surface area (Å²) >= 11 is 0. The number of carbonyl (C=O) groups excluding carboxylic acids is 1. The summed E-state index contributed by atoms with van der Waals surface area (Å²) in [4.78, 5) is 21.9. The molecule has 5 heteroatoms. The molecule has 0 aromatic carbocycles. The molecule has 0 fully saturated rings. The largest absolute Gasteiger partial charge is 0.481 e. The normalized spacial score (nSPS) is 13.2. The Labute approximate surface area is 102 Å². The van der Waals surface area contributed by atoms with Crippen LogP contribution in [0.2, 0.25) is 0 Å². The van der Waals surface area contributed by atoms with E-state index in [0.717, 1.165) is 0 Å². The third kappa shape index (κ3) is 8.14. The Morgan fingerprint density at radius 3 is 2.59 bits per heavy atom. The highest BCUT2D eigenvalue weighted by Gasteiger charge is 2.13. The van der Waals surface area contributed by atoms with Crippen molar-refractivity contribution >= 4 is 12.0 Å². The van der Waals surface area contributed by atoms with Crippen LogP contribution in [0.15, 0.2) is 0 Å². The zero-order valence-electron chi connectivity index (χ0n) is 10.3. The van der Waals surface area contributed by atoms with Gasteiger partial charge in [-0.25, -0.2) is 4.79 Å². The van der Waals surface area contributed by atoms with E-state index in [4.69, 9.17) is 11.5 Å². The molecule has 0 aliphatic heterocycles. The van der Waals surface area contributed by atoms with E-state index in [2.05, 4.69) is 16.6 Å². The van der Waals surface area contributed by atoms with Gasteiger partial charge in [-0.3, -0.25) is 4.79 Å². The van der Waals surface area contributed by atoms with Crippen molar-refractivity contribution in [3.05, 3.63) is 0 Å². The monoisotopic (exact) mass is 240 g/mol. The lowest BCUT2D eigenvalue weighted by atomic mass is 10.0. The lowest BCUT2D eigenvalue weighted by molar-refractivity contribution is -0.138. The van der Waals surface area contributed by atoms with Crippen LogP contribution in [-0.2, 0) is 4.79 Å². The van der Waals surface area contributed by atoms with Crippen molar-refractivity contribution in [3.63, 3.8) is 0 Å². The molecule has 96 valence electrons. The number of amides is 2. The van der Waals surface area contributed by atoms with Gasteiger partial charge in [0.2, 0.25) is 0 Å². The predicted octanol–water partition coefficient (Wildman–Crippen LogP) is 1.20. The SMILES string of the molecule is C#CCC(C)NC(=O)NCC(CC)CC(=O)O. The fourth-order valence-electron chi connectivity index (χ4n) is 1.35. The topological polar surface area (TPSA) is 78.4 Å². The summed E-state index contributed by atoms with van der Waals surface area (Å²) < 4.78 is 0. The minimum atomic E-state index is -0.847. The van der Waals surface area contributed by atoms with E-state index in [1.165, 1.54) is 0 Å². The number of urea groups is 1. The molecule has 5 nitrogen and oxygen atoms in total. The molecule has 17 heavy (non-hydrogen) atoms. The maximum atomic E-state index is 11.4. The second-order valence-corrected chi connectivity index (χ2v) is 4.04. The standard InChI is InChI=1S/C12H20N2O3/c1-4-6-9(3)14-12(17)13-8-10(5-2)7-11(15)16/h1,9-10H,5-8H2,2-3H3,(H,15,16)(H2,13,14,17). The average Bonchev–Trinajstić information content (AvgIpc) is 2.23. The van der Waals surface area contributed by atoms with Crippen molar-refractivity contribution in [1.82, 2.24) is 10.6 Å². The van der Waals surface area contributed by atoms with Crippen molar-refractivity contribution in [1.29, 1.82) is 0 Å². The second kappa shape index (κ2) is 8.45. The Hall–Kier alpha value is -1.70. The molecule has 0 spiro atoms.